The lowest BCUT2D eigenvalue weighted by atomic mass is 10.2. The highest BCUT2D eigenvalue weighted by atomic mass is 79.9. The molecule has 3 nitrogen and oxygen atoms in total. The largest absolute Gasteiger partial charge is 0.467 e. The third-order valence-corrected chi connectivity index (χ3v) is 7.03. The maximum Gasteiger partial charge on any atom is 0.264 e. The van der Waals surface area contributed by atoms with Crippen LogP contribution in [0.5, 0.6) is 0 Å². The average Bonchev–Trinajstić information content (AvgIpc) is 3.19. The SMILES string of the molecule is O=C(c1cc(Br)c(Br)s1)N(Cc1ccco1)C1CCCC1. The minimum atomic E-state index is 0.0923. The first-order valence-corrected chi connectivity index (χ1v) is 9.33. The molecule has 112 valence electrons. The molecule has 1 aliphatic carbocycles. The van der Waals surface area contributed by atoms with E-state index in [0.29, 0.717) is 12.6 Å². The molecule has 1 amide bonds. The van der Waals surface area contributed by atoms with Gasteiger partial charge in [-0.1, -0.05) is 12.8 Å². The van der Waals surface area contributed by atoms with E-state index in [2.05, 4.69) is 31.9 Å². The third kappa shape index (κ3) is 3.43. The number of amides is 1. The highest BCUT2D eigenvalue weighted by Crippen LogP contribution is 2.34. The van der Waals surface area contributed by atoms with Crippen LogP contribution in [0.1, 0.15) is 41.1 Å². The van der Waals surface area contributed by atoms with E-state index in [0.717, 1.165) is 31.7 Å². The molecule has 0 bridgehead atoms. The number of hydrogen-bond donors (Lipinski definition) is 0. The highest BCUT2D eigenvalue weighted by Gasteiger charge is 2.29. The summed E-state index contributed by atoms with van der Waals surface area (Å²) in [6, 6.07) is 6.00. The van der Waals surface area contributed by atoms with E-state index in [1.165, 1.54) is 24.2 Å². The lowest BCUT2D eigenvalue weighted by molar-refractivity contribution is 0.0654. The highest BCUT2D eigenvalue weighted by molar-refractivity contribution is 9.13. The van der Waals surface area contributed by atoms with E-state index in [1.54, 1.807) is 6.26 Å². The summed E-state index contributed by atoms with van der Waals surface area (Å²) in [5, 5.41) is 0. The van der Waals surface area contributed by atoms with Gasteiger partial charge in [0.1, 0.15) is 5.76 Å². The van der Waals surface area contributed by atoms with E-state index >= 15 is 0 Å². The van der Waals surface area contributed by atoms with E-state index in [4.69, 9.17) is 4.42 Å². The van der Waals surface area contributed by atoms with Crippen LogP contribution in [0.3, 0.4) is 0 Å². The van der Waals surface area contributed by atoms with Gasteiger partial charge in [-0.3, -0.25) is 4.79 Å². The second kappa shape index (κ2) is 6.67. The summed E-state index contributed by atoms with van der Waals surface area (Å²) in [6.45, 7) is 0.545. The molecule has 2 heterocycles. The van der Waals surface area contributed by atoms with E-state index in [1.807, 2.05) is 23.1 Å². The normalized spacial score (nSPS) is 15.5. The summed E-state index contributed by atoms with van der Waals surface area (Å²) in [4.78, 5) is 15.6. The van der Waals surface area contributed by atoms with Crippen LogP contribution in [0, 0.1) is 0 Å². The van der Waals surface area contributed by atoms with Crippen molar-refractivity contribution in [2.75, 3.05) is 0 Å². The van der Waals surface area contributed by atoms with Crippen molar-refractivity contribution in [3.8, 4) is 0 Å². The standard InChI is InChI=1S/C15H15Br2NO2S/c16-12-8-13(21-14(12)17)15(19)18(10-4-1-2-5-10)9-11-6-3-7-20-11/h3,6-8,10H,1-2,4-5,9H2. The molecule has 0 aliphatic heterocycles. The second-order valence-corrected chi connectivity index (χ2v) is 8.41. The van der Waals surface area contributed by atoms with Gasteiger partial charge in [-0.25, -0.2) is 0 Å². The van der Waals surface area contributed by atoms with Crippen molar-refractivity contribution < 1.29 is 9.21 Å². The number of rotatable bonds is 4. The van der Waals surface area contributed by atoms with Gasteiger partial charge < -0.3 is 9.32 Å². The van der Waals surface area contributed by atoms with Crippen LogP contribution in [-0.2, 0) is 6.54 Å². The summed E-state index contributed by atoms with van der Waals surface area (Å²) >= 11 is 8.38. The van der Waals surface area contributed by atoms with Gasteiger partial charge in [0, 0.05) is 10.5 Å². The fraction of sp³-hybridized carbons (Fsp3) is 0.400. The minimum absolute atomic E-state index is 0.0923. The van der Waals surface area contributed by atoms with E-state index in [9.17, 15) is 4.79 Å². The predicted molar refractivity (Wildman–Crippen MR) is 90.6 cm³/mol. The molecule has 0 radical (unpaired) electrons. The van der Waals surface area contributed by atoms with E-state index in [-0.39, 0.29) is 5.91 Å². The molecular weight excluding hydrogens is 418 g/mol. The predicted octanol–water partition coefficient (Wildman–Crippen LogP) is 5.45. The first-order chi connectivity index (χ1) is 10.1. The molecule has 1 fully saturated rings. The lowest BCUT2D eigenvalue weighted by Gasteiger charge is -2.27. The quantitative estimate of drug-likeness (QED) is 0.643. The Hall–Kier alpha value is -0.590. The molecule has 3 rings (SSSR count). The zero-order valence-electron chi connectivity index (χ0n) is 11.4. The maximum absolute atomic E-state index is 12.9. The van der Waals surface area contributed by atoms with Crippen molar-refractivity contribution >= 4 is 49.1 Å². The fourth-order valence-electron chi connectivity index (χ4n) is 2.75. The van der Waals surface area contributed by atoms with Crippen molar-refractivity contribution in [1.29, 1.82) is 0 Å². The van der Waals surface area contributed by atoms with Crippen LogP contribution >= 0.6 is 43.2 Å². The Morgan fingerprint density at radius 2 is 2.14 bits per heavy atom. The van der Waals surface area contributed by atoms with Gasteiger partial charge in [-0.05, 0) is 62.9 Å². The van der Waals surface area contributed by atoms with Gasteiger partial charge >= 0.3 is 0 Å². The summed E-state index contributed by atoms with van der Waals surface area (Å²) < 4.78 is 7.31. The Balaban J connectivity index is 1.84. The smallest absolute Gasteiger partial charge is 0.264 e. The number of hydrogen-bond acceptors (Lipinski definition) is 3. The lowest BCUT2D eigenvalue weighted by Crippen LogP contribution is -2.37. The zero-order chi connectivity index (χ0) is 14.8. The zero-order valence-corrected chi connectivity index (χ0v) is 15.3. The van der Waals surface area contributed by atoms with Gasteiger partial charge in [0.2, 0.25) is 0 Å². The molecule has 0 spiro atoms. The van der Waals surface area contributed by atoms with Crippen molar-refractivity contribution in [1.82, 2.24) is 4.90 Å². The van der Waals surface area contributed by atoms with Crippen molar-refractivity contribution in [3.63, 3.8) is 0 Å². The Bertz CT molecular complexity index is 598. The maximum atomic E-state index is 12.9. The molecule has 0 unspecified atom stereocenters. The molecule has 1 saturated carbocycles. The molecule has 0 atom stereocenters. The number of furan rings is 1. The van der Waals surface area contributed by atoms with Crippen LogP contribution < -0.4 is 0 Å². The molecule has 0 aromatic carbocycles. The van der Waals surface area contributed by atoms with Crippen molar-refractivity contribution in [3.05, 3.63) is 43.4 Å². The Labute approximate surface area is 144 Å². The number of thiophene rings is 1. The van der Waals surface area contributed by atoms with Gasteiger partial charge in [0.05, 0.1) is 21.5 Å². The molecular formula is C15H15Br2NO2S. The second-order valence-electron chi connectivity index (χ2n) is 5.18. The van der Waals surface area contributed by atoms with Crippen LogP contribution in [0.4, 0.5) is 0 Å². The summed E-state index contributed by atoms with van der Waals surface area (Å²) in [5.41, 5.74) is 0. The van der Waals surface area contributed by atoms with Crippen LogP contribution in [0.25, 0.3) is 0 Å². The number of nitrogens with zero attached hydrogens (tertiary/aromatic N) is 1. The topological polar surface area (TPSA) is 33.5 Å². The minimum Gasteiger partial charge on any atom is -0.467 e. The number of halogens is 2. The molecule has 1 aliphatic rings. The fourth-order valence-corrected chi connectivity index (χ4v) is 4.74. The molecule has 6 heteroatoms. The Morgan fingerprint density at radius 3 is 2.71 bits per heavy atom. The van der Waals surface area contributed by atoms with Crippen molar-refractivity contribution in [2.24, 2.45) is 0 Å². The van der Waals surface area contributed by atoms with E-state index < -0.39 is 0 Å². The molecule has 2 aromatic rings. The Kier molecular flexibility index (Phi) is 4.86. The van der Waals surface area contributed by atoms with Crippen LogP contribution in [0.15, 0.2) is 37.1 Å². The first-order valence-electron chi connectivity index (χ1n) is 6.93. The number of carbonyl (C=O) groups is 1. The molecule has 21 heavy (non-hydrogen) atoms. The van der Waals surface area contributed by atoms with Gasteiger partial charge in [-0.15, -0.1) is 11.3 Å². The molecule has 2 aromatic heterocycles. The van der Waals surface area contributed by atoms with Gasteiger partial charge in [0.25, 0.3) is 5.91 Å². The summed E-state index contributed by atoms with van der Waals surface area (Å²) in [7, 11) is 0. The van der Waals surface area contributed by atoms with Crippen LogP contribution in [-0.4, -0.2) is 16.8 Å². The van der Waals surface area contributed by atoms with Gasteiger partial charge in [0.15, 0.2) is 0 Å². The molecule has 0 N–H and O–H groups in total. The summed E-state index contributed by atoms with van der Waals surface area (Å²) in [5.74, 6) is 0.930. The third-order valence-electron chi connectivity index (χ3n) is 3.79. The average molecular weight is 433 g/mol. The summed E-state index contributed by atoms with van der Waals surface area (Å²) in [6.07, 6.45) is 6.22. The van der Waals surface area contributed by atoms with Crippen LogP contribution in [0.2, 0.25) is 0 Å². The Morgan fingerprint density at radius 1 is 1.38 bits per heavy atom. The molecule has 0 saturated heterocycles. The monoisotopic (exact) mass is 431 g/mol. The van der Waals surface area contributed by atoms with Crippen molar-refractivity contribution in [2.45, 2.75) is 38.3 Å². The van der Waals surface area contributed by atoms with Gasteiger partial charge in [-0.2, -0.15) is 0 Å². The first kappa shape index (κ1) is 15.3. The number of carbonyl (C=O) groups excluding carboxylic acids is 1.